The Morgan fingerprint density at radius 1 is 1.29 bits per heavy atom. The highest BCUT2D eigenvalue weighted by Crippen LogP contribution is 2.41. The molecule has 2 amide bonds. The Labute approximate surface area is 139 Å². The standard InChI is InChI=1S/C16H20N6O2/c1-2-7-20-8-5-16(15(20)24)6-9-21(11-16)14(23)12-3-4-13-17-18-19-22(13)10-12/h3-4,10H,2,5-9,11H2,1H3. The summed E-state index contributed by atoms with van der Waals surface area (Å²) in [6.45, 7) is 4.84. The lowest BCUT2D eigenvalue weighted by Crippen LogP contribution is -2.38. The fraction of sp³-hybridized carbons (Fsp3) is 0.562. The van der Waals surface area contributed by atoms with Gasteiger partial charge in [-0.2, -0.15) is 4.52 Å². The molecule has 8 nitrogen and oxygen atoms in total. The minimum atomic E-state index is -0.371. The highest BCUT2D eigenvalue weighted by atomic mass is 16.2. The summed E-state index contributed by atoms with van der Waals surface area (Å²) in [6.07, 6.45) is 4.21. The van der Waals surface area contributed by atoms with E-state index in [4.69, 9.17) is 0 Å². The summed E-state index contributed by atoms with van der Waals surface area (Å²) >= 11 is 0. The van der Waals surface area contributed by atoms with Gasteiger partial charge in [-0.15, -0.1) is 5.10 Å². The average molecular weight is 328 g/mol. The predicted octanol–water partition coefficient (Wildman–Crippen LogP) is 0.599. The molecule has 0 saturated carbocycles. The Morgan fingerprint density at radius 2 is 2.12 bits per heavy atom. The van der Waals surface area contributed by atoms with Crippen molar-refractivity contribution in [1.29, 1.82) is 0 Å². The zero-order chi connectivity index (χ0) is 16.7. The number of rotatable bonds is 3. The summed E-state index contributed by atoms with van der Waals surface area (Å²) < 4.78 is 1.49. The van der Waals surface area contributed by atoms with Crippen LogP contribution in [0.25, 0.3) is 5.65 Å². The van der Waals surface area contributed by atoms with Crippen LogP contribution in [0.2, 0.25) is 0 Å². The van der Waals surface area contributed by atoms with Gasteiger partial charge in [0.1, 0.15) is 0 Å². The fourth-order valence-electron chi connectivity index (χ4n) is 3.85. The molecule has 0 N–H and O–H groups in total. The molecule has 8 heteroatoms. The van der Waals surface area contributed by atoms with E-state index in [1.807, 2.05) is 4.90 Å². The van der Waals surface area contributed by atoms with E-state index < -0.39 is 0 Å². The normalized spacial score (nSPS) is 23.8. The summed E-state index contributed by atoms with van der Waals surface area (Å²) in [6, 6.07) is 3.46. The monoisotopic (exact) mass is 328 g/mol. The summed E-state index contributed by atoms with van der Waals surface area (Å²) in [7, 11) is 0. The highest BCUT2D eigenvalue weighted by molar-refractivity contribution is 5.95. The summed E-state index contributed by atoms with van der Waals surface area (Å²) in [5.41, 5.74) is 0.775. The van der Waals surface area contributed by atoms with Crippen molar-refractivity contribution in [2.24, 2.45) is 5.41 Å². The second-order valence-corrected chi connectivity index (χ2v) is 6.70. The maximum Gasteiger partial charge on any atom is 0.255 e. The molecule has 4 rings (SSSR count). The third-order valence-corrected chi connectivity index (χ3v) is 5.17. The molecule has 2 saturated heterocycles. The van der Waals surface area contributed by atoms with Crippen LogP contribution in [0.4, 0.5) is 0 Å². The molecule has 0 aromatic carbocycles. The topological polar surface area (TPSA) is 83.7 Å². The quantitative estimate of drug-likeness (QED) is 0.824. The van der Waals surface area contributed by atoms with E-state index >= 15 is 0 Å². The van der Waals surface area contributed by atoms with Gasteiger partial charge in [-0.1, -0.05) is 6.92 Å². The van der Waals surface area contributed by atoms with Crippen molar-refractivity contribution in [1.82, 2.24) is 29.8 Å². The molecule has 0 radical (unpaired) electrons. The number of aromatic nitrogens is 4. The van der Waals surface area contributed by atoms with E-state index in [1.165, 1.54) is 4.52 Å². The van der Waals surface area contributed by atoms with Gasteiger partial charge in [-0.05, 0) is 41.8 Å². The van der Waals surface area contributed by atoms with E-state index in [0.717, 1.165) is 32.4 Å². The first-order chi connectivity index (χ1) is 11.6. The van der Waals surface area contributed by atoms with Crippen molar-refractivity contribution in [3.05, 3.63) is 23.9 Å². The molecule has 1 spiro atoms. The summed E-state index contributed by atoms with van der Waals surface area (Å²) in [5.74, 6) is 0.154. The van der Waals surface area contributed by atoms with Crippen LogP contribution >= 0.6 is 0 Å². The van der Waals surface area contributed by atoms with Gasteiger partial charge in [0.05, 0.1) is 11.0 Å². The van der Waals surface area contributed by atoms with E-state index in [1.54, 1.807) is 23.2 Å². The molecular weight excluding hydrogens is 308 g/mol. The number of likely N-dealkylation sites (tertiary alicyclic amines) is 2. The third kappa shape index (κ3) is 2.24. The number of pyridine rings is 1. The molecule has 4 heterocycles. The van der Waals surface area contributed by atoms with Gasteiger partial charge in [-0.25, -0.2) is 0 Å². The van der Waals surface area contributed by atoms with E-state index in [0.29, 0.717) is 24.3 Å². The molecular formula is C16H20N6O2. The lowest BCUT2D eigenvalue weighted by molar-refractivity contribution is -0.135. The lowest BCUT2D eigenvalue weighted by atomic mass is 9.85. The summed E-state index contributed by atoms with van der Waals surface area (Å²) in [5, 5.41) is 11.2. The minimum absolute atomic E-state index is 0.0639. The van der Waals surface area contributed by atoms with Crippen LogP contribution in [0.5, 0.6) is 0 Å². The number of tetrazole rings is 1. The zero-order valence-corrected chi connectivity index (χ0v) is 13.7. The number of fused-ring (bicyclic) bond motifs is 1. The molecule has 2 aliphatic heterocycles. The Balaban J connectivity index is 1.52. The number of hydrogen-bond donors (Lipinski definition) is 0. The third-order valence-electron chi connectivity index (χ3n) is 5.17. The zero-order valence-electron chi connectivity index (χ0n) is 13.7. The van der Waals surface area contributed by atoms with Crippen molar-refractivity contribution < 1.29 is 9.59 Å². The van der Waals surface area contributed by atoms with E-state index in [-0.39, 0.29) is 17.2 Å². The van der Waals surface area contributed by atoms with Crippen LogP contribution in [-0.4, -0.2) is 67.8 Å². The van der Waals surface area contributed by atoms with Crippen molar-refractivity contribution in [3.8, 4) is 0 Å². The predicted molar refractivity (Wildman–Crippen MR) is 85.2 cm³/mol. The van der Waals surface area contributed by atoms with Crippen LogP contribution in [-0.2, 0) is 4.79 Å². The number of nitrogens with zero attached hydrogens (tertiary/aromatic N) is 6. The van der Waals surface area contributed by atoms with Crippen LogP contribution < -0.4 is 0 Å². The first-order valence-corrected chi connectivity index (χ1v) is 8.39. The van der Waals surface area contributed by atoms with Gasteiger partial charge in [0.15, 0.2) is 5.65 Å². The van der Waals surface area contributed by atoms with Crippen LogP contribution in [0.15, 0.2) is 18.3 Å². The Kier molecular flexibility index (Phi) is 3.47. The Bertz CT molecular complexity index is 803. The van der Waals surface area contributed by atoms with E-state index in [9.17, 15) is 9.59 Å². The average Bonchev–Trinajstić information content (AvgIpc) is 3.30. The van der Waals surface area contributed by atoms with Crippen LogP contribution in [0.1, 0.15) is 36.5 Å². The Morgan fingerprint density at radius 3 is 2.96 bits per heavy atom. The number of carbonyl (C=O) groups is 2. The SMILES string of the molecule is CCCN1CCC2(CCN(C(=O)c3ccc4nnnn4c3)C2)C1=O. The van der Waals surface area contributed by atoms with Gasteiger partial charge in [0.2, 0.25) is 5.91 Å². The Hall–Kier alpha value is -2.51. The smallest absolute Gasteiger partial charge is 0.255 e. The molecule has 2 aromatic heterocycles. The number of carbonyl (C=O) groups excluding carboxylic acids is 2. The molecule has 24 heavy (non-hydrogen) atoms. The van der Waals surface area contributed by atoms with Gasteiger partial charge in [0, 0.05) is 32.4 Å². The maximum absolute atomic E-state index is 12.8. The molecule has 1 atom stereocenters. The number of hydrogen-bond acceptors (Lipinski definition) is 5. The highest BCUT2D eigenvalue weighted by Gasteiger charge is 2.51. The minimum Gasteiger partial charge on any atom is -0.342 e. The molecule has 2 aromatic rings. The number of amides is 2. The van der Waals surface area contributed by atoms with Crippen molar-refractivity contribution >= 4 is 17.5 Å². The molecule has 0 bridgehead atoms. The molecule has 126 valence electrons. The lowest BCUT2D eigenvalue weighted by Gasteiger charge is -2.23. The maximum atomic E-state index is 12.8. The summed E-state index contributed by atoms with van der Waals surface area (Å²) in [4.78, 5) is 29.2. The van der Waals surface area contributed by atoms with Crippen molar-refractivity contribution in [2.45, 2.75) is 26.2 Å². The van der Waals surface area contributed by atoms with Crippen molar-refractivity contribution in [3.63, 3.8) is 0 Å². The van der Waals surface area contributed by atoms with Crippen LogP contribution in [0, 0.1) is 5.41 Å². The van der Waals surface area contributed by atoms with Gasteiger partial charge in [0.25, 0.3) is 5.91 Å². The van der Waals surface area contributed by atoms with E-state index in [2.05, 4.69) is 22.4 Å². The molecule has 1 unspecified atom stereocenters. The molecule has 2 aliphatic rings. The van der Waals surface area contributed by atoms with Gasteiger partial charge in [-0.3, -0.25) is 9.59 Å². The largest absolute Gasteiger partial charge is 0.342 e. The molecule has 0 aliphatic carbocycles. The first kappa shape index (κ1) is 15.0. The second-order valence-electron chi connectivity index (χ2n) is 6.70. The second kappa shape index (κ2) is 5.54. The van der Waals surface area contributed by atoms with Crippen LogP contribution in [0.3, 0.4) is 0 Å². The first-order valence-electron chi connectivity index (χ1n) is 8.39. The molecule has 2 fully saturated rings. The van der Waals surface area contributed by atoms with Crippen molar-refractivity contribution in [2.75, 3.05) is 26.2 Å². The van der Waals surface area contributed by atoms with Gasteiger partial charge >= 0.3 is 0 Å². The fourth-order valence-corrected chi connectivity index (χ4v) is 3.85. The van der Waals surface area contributed by atoms with Gasteiger partial charge < -0.3 is 9.80 Å².